The van der Waals surface area contributed by atoms with Gasteiger partial charge in [0.15, 0.2) is 0 Å². The van der Waals surface area contributed by atoms with Gasteiger partial charge in [-0.1, -0.05) is 17.7 Å². The standard InChI is InChI=1S/C22H28N4/c1-15-4-5-19-17(13-15)22-20-3-2-11-25(20)12-8-21(22)26(19)14-18(23)16-6-9-24-10-7-16/h4-7,9-10,13,18,20-22H,2-3,8,11-12,14,23H2,1H3. The highest BCUT2D eigenvalue weighted by Gasteiger charge is 2.48. The fraction of sp³-hybridized carbons (Fsp3) is 0.500. The van der Waals surface area contributed by atoms with Crippen LogP contribution in [-0.4, -0.2) is 41.6 Å². The third kappa shape index (κ3) is 2.55. The molecule has 26 heavy (non-hydrogen) atoms. The monoisotopic (exact) mass is 348 g/mol. The summed E-state index contributed by atoms with van der Waals surface area (Å²) in [6.07, 6.45) is 7.63. The smallest absolute Gasteiger partial charge is 0.0474 e. The van der Waals surface area contributed by atoms with E-state index >= 15 is 0 Å². The van der Waals surface area contributed by atoms with Gasteiger partial charge < -0.3 is 10.6 Å². The van der Waals surface area contributed by atoms with Crippen LogP contribution in [0.4, 0.5) is 5.69 Å². The van der Waals surface area contributed by atoms with E-state index in [9.17, 15) is 0 Å². The molecule has 2 N–H and O–H groups in total. The van der Waals surface area contributed by atoms with Crippen molar-refractivity contribution in [3.8, 4) is 0 Å². The van der Waals surface area contributed by atoms with Gasteiger partial charge in [-0.05, 0) is 62.1 Å². The summed E-state index contributed by atoms with van der Waals surface area (Å²) in [5.41, 5.74) is 12.1. The Balaban J connectivity index is 1.50. The van der Waals surface area contributed by atoms with Crippen molar-refractivity contribution < 1.29 is 0 Å². The Labute approximate surface area is 156 Å². The minimum absolute atomic E-state index is 0.0208. The largest absolute Gasteiger partial charge is 0.366 e. The number of hydrogen-bond donors (Lipinski definition) is 1. The average molecular weight is 348 g/mol. The van der Waals surface area contributed by atoms with E-state index in [4.69, 9.17) is 5.73 Å². The number of aromatic nitrogens is 1. The summed E-state index contributed by atoms with van der Waals surface area (Å²) < 4.78 is 0. The van der Waals surface area contributed by atoms with Crippen molar-refractivity contribution in [1.82, 2.24) is 9.88 Å². The minimum Gasteiger partial charge on any atom is -0.366 e. The van der Waals surface area contributed by atoms with Crippen molar-refractivity contribution in [2.45, 2.75) is 50.2 Å². The van der Waals surface area contributed by atoms with Crippen LogP contribution in [0, 0.1) is 6.92 Å². The third-order valence-corrected chi connectivity index (χ3v) is 6.73. The van der Waals surface area contributed by atoms with Gasteiger partial charge in [-0.2, -0.15) is 0 Å². The van der Waals surface area contributed by atoms with Crippen molar-refractivity contribution in [1.29, 1.82) is 0 Å². The summed E-state index contributed by atoms with van der Waals surface area (Å²) in [5.74, 6) is 0.644. The maximum Gasteiger partial charge on any atom is 0.0474 e. The number of nitrogens with two attached hydrogens (primary N) is 1. The second-order valence-corrected chi connectivity index (χ2v) is 8.23. The Morgan fingerprint density at radius 1 is 1.12 bits per heavy atom. The van der Waals surface area contributed by atoms with E-state index in [1.54, 1.807) is 5.56 Å². The van der Waals surface area contributed by atoms with E-state index in [1.165, 1.54) is 49.2 Å². The molecule has 4 atom stereocenters. The number of fused-ring (bicyclic) bond motifs is 5. The molecule has 3 aliphatic rings. The van der Waals surface area contributed by atoms with Crippen molar-refractivity contribution in [2.24, 2.45) is 5.73 Å². The summed E-state index contributed by atoms with van der Waals surface area (Å²) >= 11 is 0. The second-order valence-electron chi connectivity index (χ2n) is 8.23. The van der Waals surface area contributed by atoms with Crippen LogP contribution in [0.2, 0.25) is 0 Å². The summed E-state index contributed by atoms with van der Waals surface area (Å²) in [7, 11) is 0. The number of nitrogens with zero attached hydrogens (tertiary/aromatic N) is 3. The molecule has 0 amide bonds. The fourth-order valence-corrected chi connectivity index (χ4v) is 5.58. The van der Waals surface area contributed by atoms with Gasteiger partial charge in [0.05, 0.1) is 0 Å². The topological polar surface area (TPSA) is 45.4 Å². The first-order valence-electron chi connectivity index (χ1n) is 9.99. The lowest BCUT2D eigenvalue weighted by Crippen LogP contribution is -2.50. The van der Waals surface area contributed by atoms with E-state index in [-0.39, 0.29) is 6.04 Å². The Morgan fingerprint density at radius 3 is 2.81 bits per heavy atom. The highest BCUT2D eigenvalue weighted by atomic mass is 15.3. The molecule has 2 saturated heterocycles. The number of benzene rings is 1. The maximum absolute atomic E-state index is 6.61. The third-order valence-electron chi connectivity index (χ3n) is 6.73. The summed E-state index contributed by atoms with van der Waals surface area (Å²) in [6.45, 7) is 5.62. The second kappa shape index (κ2) is 6.36. The van der Waals surface area contributed by atoms with Gasteiger partial charge >= 0.3 is 0 Å². The lowest BCUT2D eigenvalue weighted by Gasteiger charge is -2.42. The molecule has 0 bridgehead atoms. The number of pyridine rings is 1. The van der Waals surface area contributed by atoms with Gasteiger partial charge in [-0.25, -0.2) is 0 Å². The Kier molecular flexibility index (Phi) is 3.98. The van der Waals surface area contributed by atoms with Crippen LogP contribution in [0.5, 0.6) is 0 Å². The fourth-order valence-electron chi connectivity index (χ4n) is 5.58. The maximum atomic E-state index is 6.61. The first-order chi connectivity index (χ1) is 12.7. The molecule has 4 heteroatoms. The molecule has 4 heterocycles. The van der Waals surface area contributed by atoms with E-state index < -0.39 is 0 Å². The highest BCUT2D eigenvalue weighted by Crippen LogP contribution is 2.50. The molecule has 1 aromatic heterocycles. The Bertz CT molecular complexity index is 790. The molecule has 0 radical (unpaired) electrons. The van der Waals surface area contributed by atoms with Gasteiger partial charge in [0.25, 0.3) is 0 Å². The van der Waals surface area contributed by atoms with Crippen molar-refractivity contribution in [3.63, 3.8) is 0 Å². The average Bonchev–Trinajstić information content (AvgIpc) is 3.25. The number of aryl methyl sites for hydroxylation is 1. The number of rotatable bonds is 3. The normalized spacial score (nSPS) is 28.5. The van der Waals surface area contributed by atoms with Crippen molar-refractivity contribution in [2.75, 3.05) is 24.5 Å². The Hall–Kier alpha value is -1.91. The summed E-state index contributed by atoms with van der Waals surface area (Å²) in [6, 6.07) is 12.5. The SMILES string of the molecule is Cc1ccc2c(c1)C1C3CCCN3CCC1N2CC(N)c1ccncc1. The van der Waals surface area contributed by atoms with Gasteiger partial charge in [0.1, 0.15) is 0 Å². The summed E-state index contributed by atoms with van der Waals surface area (Å²) in [4.78, 5) is 9.49. The van der Waals surface area contributed by atoms with E-state index in [0.29, 0.717) is 12.0 Å². The van der Waals surface area contributed by atoms with Crippen LogP contribution >= 0.6 is 0 Å². The van der Waals surface area contributed by atoms with Gasteiger partial charge in [-0.15, -0.1) is 0 Å². The van der Waals surface area contributed by atoms with E-state index in [0.717, 1.165) is 12.6 Å². The van der Waals surface area contributed by atoms with Crippen LogP contribution in [0.3, 0.4) is 0 Å². The van der Waals surface area contributed by atoms with Gasteiger partial charge in [0.2, 0.25) is 0 Å². The molecule has 4 unspecified atom stereocenters. The van der Waals surface area contributed by atoms with E-state index in [2.05, 4.69) is 39.9 Å². The molecular formula is C22H28N4. The molecule has 0 aliphatic carbocycles. The van der Waals surface area contributed by atoms with Crippen molar-refractivity contribution >= 4 is 5.69 Å². The zero-order valence-electron chi connectivity index (χ0n) is 15.5. The highest BCUT2D eigenvalue weighted by molar-refractivity contribution is 5.64. The zero-order chi connectivity index (χ0) is 17.7. The first kappa shape index (κ1) is 16.3. The number of anilines is 1. The Morgan fingerprint density at radius 2 is 1.96 bits per heavy atom. The quantitative estimate of drug-likeness (QED) is 0.925. The molecule has 4 nitrogen and oxygen atoms in total. The molecule has 136 valence electrons. The van der Waals surface area contributed by atoms with Crippen LogP contribution in [-0.2, 0) is 0 Å². The molecule has 0 saturated carbocycles. The lowest BCUT2D eigenvalue weighted by atomic mass is 9.81. The van der Waals surface area contributed by atoms with Gasteiger partial charge in [0, 0.05) is 55.2 Å². The molecular weight excluding hydrogens is 320 g/mol. The van der Waals surface area contributed by atoms with Gasteiger partial charge in [-0.3, -0.25) is 9.88 Å². The van der Waals surface area contributed by atoms with Crippen LogP contribution in [0.15, 0.2) is 42.7 Å². The first-order valence-corrected chi connectivity index (χ1v) is 9.99. The van der Waals surface area contributed by atoms with Crippen LogP contribution in [0.1, 0.15) is 47.9 Å². The number of piperidine rings is 1. The lowest BCUT2D eigenvalue weighted by molar-refractivity contribution is 0.158. The predicted octanol–water partition coefficient (Wildman–Crippen LogP) is 3.23. The number of hydrogen-bond acceptors (Lipinski definition) is 4. The predicted molar refractivity (Wildman–Crippen MR) is 105 cm³/mol. The molecule has 5 rings (SSSR count). The van der Waals surface area contributed by atoms with Crippen LogP contribution < -0.4 is 10.6 Å². The molecule has 3 aliphatic heterocycles. The zero-order valence-corrected chi connectivity index (χ0v) is 15.5. The molecule has 2 fully saturated rings. The van der Waals surface area contributed by atoms with Crippen LogP contribution in [0.25, 0.3) is 0 Å². The minimum atomic E-state index is 0.0208. The molecule has 2 aromatic rings. The van der Waals surface area contributed by atoms with E-state index in [1.807, 2.05) is 24.5 Å². The summed E-state index contributed by atoms with van der Waals surface area (Å²) in [5, 5.41) is 0. The molecule has 0 spiro atoms. The molecule has 1 aromatic carbocycles. The van der Waals surface area contributed by atoms with Crippen molar-refractivity contribution in [3.05, 3.63) is 59.4 Å².